The second-order valence-electron chi connectivity index (χ2n) is 5.77. The molecule has 2 N–H and O–H groups in total. The van der Waals surface area contributed by atoms with Gasteiger partial charge in [-0.15, -0.1) is 0 Å². The molecule has 2 aliphatic rings. The maximum Gasteiger partial charge on any atom is 0.231 e. The van der Waals surface area contributed by atoms with Crippen molar-refractivity contribution in [3.63, 3.8) is 0 Å². The fourth-order valence-corrected chi connectivity index (χ4v) is 3.40. The predicted octanol–water partition coefficient (Wildman–Crippen LogP) is 1.64. The number of fused-ring (bicyclic) bond motifs is 2. The molecule has 5 nitrogen and oxygen atoms in total. The number of quaternary nitrogens is 1. The van der Waals surface area contributed by atoms with Crippen LogP contribution in [0.1, 0.15) is 22.7 Å². The van der Waals surface area contributed by atoms with Crippen molar-refractivity contribution in [2.45, 2.75) is 12.5 Å². The second-order valence-corrected chi connectivity index (χ2v) is 5.77. The van der Waals surface area contributed by atoms with Gasteiger partial charge < -0.3 is 24.3 Å². The van der Waals surface area contributed by atoms with Gasteiger partial charge in [-0.05, 0) is 35.9 Å². The summed E-state index contributed by atoms with van der Waals surface area (Å²) in [5, 5.41) is 2.35. The minimum atomic E-state index is 0.230. The lowest BCUT2D eigenvalue weighted by Crippen LogP contribution is -2.87. The van der Waals surface area contributed by atoms with E-state index in [1.165, 1.54) is 16.7 Å². The fraction of sp³-hybridized carbons (Fsp3) is 0.333. The molecule has 0 aromatic heterocycles. The van der Waals surface area contributed by atoms with Crippen molar-refractivity contribution in [1.29, 1.82) is 0 Å². The number of hydrogen-bond acceptors (Lipinski definition) is 4. The van der Waals surface area contributed by atoms with Crippen LogP contribution in [0, 0.1) is 0 Å². The maximum absolute atomic E-state index is 5.52. The molecular weight excluding hydrogens is 294 g/mol. The van der Waals surface area contributed by atoms with Crippen molar-refractivity contribution >= 4 is 0 Å². The first-order valence-corrected chi connectivity index (χ1v) is 7.78. The van der Waals surface area contributed by atoms with E-state index in [1.54, 1.807) is 14.2 Å². The summed E-state index contributed by atoms with van der Waals surface area (Å²) in [5.74, 6) is 3.20. The quantitative estimate of drug-likeness (QED) is 0.936. The van der Waals surface area contributed by atoms with E-state index in [-0.39, 0.29) is 6.04 Å². The summed E-state index contributed by atoms with van der Waals surface area (Å²) in [6.45, 7) is 1.34. The van der Waals surface area contributed by atoms with Crippen LogP contribution in [0.4, 0.5) is 0 Å². The van der Waals surface area contributed by atoms with Crippen LogP contribution in [0.5, 0.6) is 23.0 Å². The summed E-state index contributed by atoms with van der Waals surface area (Å²) < 4.78 is 21.8. The van der Waals surface area contributed by atoms with Gasteiger partial charge in [0.1, 0.15) is 6.04 Å². The summed E-state index contributed by atoms with van der Waals surface area (Å²) in [5.41, 5.74) is 3.79. The van der Waals surface area contributed by atoms with Crippen molar-refractivity contribution in [3.8, 4) is 23.0 Å². The molecule has 5 heteroatoms. The standard InChI is InChI=1S/C18H19NO4/c1-20-15-7-11-5-6-19-18(13(11)9-16(15)21-2)12-3-4-14-17(8-12)23-10-22-14/h3-4,7-9,18-19H,5-6,10H2,1-2H3/p+1/t18-/m1/s1. The Bertz CT molecular complexity index is 744. The van der Waals surface area contributed by atoms with Gasteiger partial charge in [0.25, 0.3) is 0 Å². The van der Waals surface area contributed by atoms with Gasteiger partial charge in [0, 0.05) is 17.5 Å². The number of ether oxygens (including phenoxy) is 4. The maximum atomic E-state index is 5.52. The van der Waals surface area contributed by atoms with Crippen LogP contribution in [0.15, 0.2) is 30.3 Å². The minimum Gasteiger partial charge on any atom is -0.493 e. The molecule has 0 saturated carbocycles. The zero-order valence-electron chi connectivity index (χ0n) is 13.3. The Morgan fingerprint density at radius 1 is 1.00 bits per heavy atom. The lowest BCUT2D eigenvalue weighted by atomic mass is 9.89. The third kappa shape index (κ3) is 2.37. The highest BCUT2D eigenvalue weighted by molar-refractivity contribution is 5.52. The number of hydrogen-bond donors (Lipinski definition) is 1. The molecule has 120 valence electrons. The summed E-state index contributed by atoms with van der Waals surface area (Å²) >= 11 is 0. The van der Waals surface area contributed by atoms with Crippen LogP contribution in [0.2, 0.25) is 0 Å². The molecule has 2 aromatic carbocycles. The van der Waals surface area contributed by atoms with Gasteiger partial charge in [-0.2, -0.15) is 0 Å². The van der Waals surface area contributed by atoms with Crippen LogP contribution in [-0.4, -0.2) is 27.6 Å². The topological polar surface area (TPSA) is 53.5 Å². The molecule has 0 spiro atoms. The zero-order valence-corrected chi connectivity index (χ0v) is 13.3. The molecule has 0 aliphatic carbocycles. The number of methoxy groups -OCH3 is 2. The Balaban J connectivity index is 1.78. The van der Waals surface area contributed by atoms with Gasteiger partial charge in [-0.3, -0.25) is 0 Å². The highest BCUT2D eigenvalue weighted by Gasteiger charge is 2.28. The summed E-state index contributed by atoms with van der Waals surface area (Å²) in [7, 11) is 3.35. The summed E-state index contributed by atoms with van der Waals surface area (Å²) in [4.78, 5) is 0. The molecule has 0 saturated heterocycles. The van der Waals surface area contributed by atoms with Crippen molar-refractivity contribution in [1.82, 2.24) is 0 Å². The highest BCUT2D eigenvalue weighted by Crippen LogP contribution is 2.38. The molecular formula is C18H20NO4+. The van der Waals surface area contributed by atoms with E-state index in [1.807, 2.05) is 6.07 Å². The largest absolute Gasteiger partial charge is 0.493 e. The zero-order chi connectivity index (χ0) is 15.8. The van der Waals surface area contributed by atoms with E-state index in [9.17, 15) is 0 Å². The molecule has 0 amide bonds. The van der Waals surface area contributed by atoms with Crippen molar-refractivity contribution in [2.24, 2.45) is 0 Å². The molecule has 2 aliphatic heterocycles. The smallest absolute Gasteiger partial charge is 0.231 e. The normalized spacial score (nSPS) is 18.4. The van der Waals surface area contributed by atoms with Gasteiger partial charge in [-0.1, -0.05) is 0 Å². The van der Waals surface area contributed by atoms with E-state index in [2.05, 4.69) is 29.6 Å². The average molecular weight is 314 g/mol. The molecule has 4 rings (SSSR count). The van der Waals surface area contributed by atoms with Crippen LogP contribution in [0.3, 0.4) is 0 Å². The Morgan fingerprint density at radius 2 is 1.78 bits per heavy atom. The second kappa shape index (κ2) is 5.66. The molecule has 23 heavy (non-hydrogen) atoms. The number of nitrogens with two attached hydrogens (primary N) is 1. The Hall–Kier alpha value is -2.40. The van der Waals surface area contributed by atoms with E-state index in [0.29, 0.717) is 6.79 Å². The van der Waals surface area contributed by atoms with Crippen LogP contribution in [0.25, 0.3) is 0 Å². The van der Waals surface area contributed by atoms with Crippen molar-refractivity contribution in [2.75, 3.05) is 27.6 Å². The monoisotopic (exact) mass is 314 g/mol. The van der Waals surface area contributed by atoms with Crippen LogP contribution in [-0.2, 0) is 6.42 Å². The van der Waals surface area contributed by atoms with Crippen LogP contribution >= 0.6 is 0 Å². The fourth-order valence-electron chi connectivity index (χ4n) is 3.40. The molecule has 0 bridgehead atoms. The molecule has 0 fully saturated rings. The molecule has 0 radical (unpaired) electrons. The van der Waals surface area contributed by atoms with E-state index >= 15 is 0 Å². The first-order chi connectivity index (χ1) is 11.3. The third-order valence-electron chi connectivity index (χ3n) is 4.55. The summed E-state index contributed by atoms with van der Waals surface area (Å²) in [6.07, 6.45) is 1.02. The number of benzene rings is 2. The first-order valence-electron chi connectivity index (χ1n) is 7.78. The Morgan fingerprint density at radius 3 is 2.61 bits per heavy atom. The molecule has 0 unspecified atom stereocenters. The predicted molar refractivity (Wildman–Crippen MR) is 84.5 cm³/mol. The minimum absolute atomic E-state index is 0.230. The van der Waals surface area contributed by atoms with Gasteiger partial charge in [0.15, 0.2) is 23.0 Å². The molecule has 2 aromatic rings. The SMILES string of the molecule is COc1cc2c(cc1OC)[C@@H](c1ccc3c(c1)OCO3)[NH2+]CC2. The number of rotatable bonds is 3. The third-order valence-corrected chi connectivity index (χ3v) is 4.55. The van der Waals surface area contributed by atoms with E-state index < -0.39 is 0 Å². The Kier molecular flexibility index (Phi) is 3.50. The van der Waals surface area contributed by atoms with E-state index in [0.717, 1.165) is 36.0 Å². The molecule has 1 atom stereocenters. The molecule has 2 heterocycles. The van der Waals surface area contributed by atoms with Gasteiger partial charge >= 0.3 is 0 Å². The summed E-state index contributed by atoms with van der Waals surface area (Å²) in [6, 6.07) is 10.6. The van der Waals surface area contributed by atoms with Gasteiger partial charge in [-0.25, -0.2) is 0 Å². The van der Waals surface area contributed by atoms with Crippen molar-refractivity contribution < 1.29 is 24.3 Å². The van der Waals surface area contributed by atoms with E-state index in [4.69, 9.17) is 18.9 Å². The van der Waals surface area contributed by atoms with Gasteiger partial charge in [0.2, 0.25) is 6.79 Å². The van der Waals surface area contributed by atoms with Crippen molar-refractivity contribution in [3.05, 3.63) is 47.0 Å². The highest BCUT2D eigenvalue weighted by atomic mass is 16.7. The lowest BCUT2D eigenvalue weighted by molar-refractivity contribution is -0.690. The van der Waals surface area contributed by atoms with Crippen LogP contribution < -0.4 is 24.3 Å². The lowest BCUT2D eigenvalue weighted by Gasteiger charge is -2.25. The Labute approximate surface area is 135 Å². The first kappa shape index (κ1) is 14.2. The van der Waals surface area contributed by atoms with Gasteiger partial charge in [0.05, 0.1) is 20.8 Å². The average Bonchev–Trinajstić information content (AvgIpc) is 3.07.